The van der Waals surface area contributed by atoms with Crippen LogP contribution in [0.15, 0.2) is 18.2 Å². The van der Waals surface area contributed by atoms with Crippen LogP contribution in [0.2, 0.25) is 0 Å². The summed E-state index contributed by atoms with van der Waals surface area (Å²) >= 11 is 0. The van der Waals surface area contributed by atoms with E-state index in [4.69, 9.17) is 4.74 Å². The first kappa shape index (κ1) is 21.6. The van der Waals surface area contributed by atoms with Crippen LogP contribution >= 0.6 is 0 Å². The summed E-state index contributed by atoms with van der Waals surface area (Å²) in [6.45, 7) is 2.69. The number of carbonyl (C=O) groups is 2. The third-order valence-corrected chi connectivity index (χ3v) is 5.84. The van der Waals surface area contributed by atoms with E-state index in [1.54, 1.807) is 4.90 Å². The second kappa shape index (κ2) is 10.1. The summed E-state index contributed by atoms with van der Waals surface area (Å²) < 4.78 is 5.83. The molecular weight excluding hydrogens is 372 g/mol. The number of carbonyl (C=O) groups excluding carboxylic acids is 2. The van der Waals surface area contributed by atoms with Gasteiger partial charge in [0.1, 0.15) is 5.75 Å². The van der Waals surface area contributed by atoms with Crippen LogP contribution in [0.25, 0.3) is 0 Å². The highest BCUT2D eigenvalue weighted by atomic mass is 16.5. The van der Waals surface area contributed by atoms with Crippen molar-refractivity contribution in [3.8, 4) is 5.75 Å². The number of nitrogens with zero attached hydrogens (tertiary/aromatic N) is 1. The van der Waals surface area contributed by atoms with E-state index in [0.29, 0.717) is 38.8 Å². The van der Waals surface area contributed by atoms with Gasteiger partial charge in [0.15, 0.2) is 0 Å². The average Bonchev–Trinajstić information content (AvgIpc) is 2.69. The van der Waals surface area contributed by atoms with Gasteiger partial charge in [-0.1, -0.05) is 6.92 Å². The highest BCUT2D eigenvalue weighted by Crippen LogP contribution is 2.34. The van der Waals surface area contributed by atoms with Crippen LogP contribution < -0.4 is 10.1 Å². The number of hydrogen-bond acceptors (Lipinski definition) is 5. The van der Waals surface area contributed by atoms with Gasteiger partial charge < -0.3 is 25.2 Å². The lowest BCUT2D eigenvalue weighted by Gasteiger charge is -2.36. The number of ether oxygens (including phenoxy) is 1. The Bertz CT molecular complexity index is 723. The lowest BCUT2D eigenvalue weighted by atomic mass is 9.91. The molecular formula is C22H32N2O5. The van der Waals surface area contributed by atoms with Crippen molar-refractivity contribution < 1.29 is 24.5 Å². The van der Waals surface area contributed by atoms with Crippen LogP contribution in [0.1, 0.15) is 63.4 Å². The third-order valence-electron chi connectivity index (χ3n) is 5.84. The lowest BCUT2D eigenvalue weighted by Crippen LogP contribution is -2.45. The predicted molar refractivity (Wildman–Crippen MR) is 110 cm³/mol. The Hall–Kier alpha value is -2.12. The lowest BCUT2D eigenvalue weighted by molar-refractivity contribution is -0.135. The SMILES string of the molecule is CC1CC(=O)Nc2ccc(OCCCC(=O)N(CCO)C3CCCC(O)C3)cc21. The molecule has 3 rings (SSSR count). The van der Waals surface area contributed by atoms with Crippen LogP contribution in [0.4, 0.5) is 5.69 Å². The molecule has 3 unspecified atom stereocenters. The summed E-state index contributed by atoms with van der Waals surface area (Å²) in [6.07, 6.45) is 4.21. The van der Waals surface area contributed by atoms with Crippen molar-refractivity contribution in [2.45, 2.75) is 69.9 Å². The number of anilines is 1. The molecule has 3 N–H and O–H groups in total. The Morgan fingerprint density at radius 2 is 2.17 bits per heavy atom. The molecule has 1 heterocycles. The number of benzene rings is 1. The molecule has 0 aromatic heterocycles. The first-order valence-corrected chi connectivity index (χ1v) is 10.6. The normalized spacial score (nSPS) is 23.8. The van der Waals surface area contributed by atoms with Crippen LogP contribution in [-0.2, 0) is 9.59 Å². The number of aliphatic hydroxyl groups is 2. The molecule has 0 spiro atoms. The Morgan fingerprint density at radius 3 is 2.93 bits per heavy atom. The van der Waals surface area contributed by atoms with Crippen molar-refractivity contribution in [2.75, 3.05) is 25.1 Å². The molecule has 2 amide bonds. The second-order valence-electron chi connectivity index (χ2n) is 8.14. The molecule has 1 aromatic carbocycles. The fourth-order valence-corrected chi connectivity index (χ4v) is 4.34. The smallest absolute Gasteiger partial charge is 0.224 e. The summed E-state index contributed by atoms with van der Waals surface area (Å²) in [5, 5.41) is 22.1. The first-order chi connectivity index (χ1) is 14.0. The minimum Gasteiger partial charge on any atom is -0.494 e. The molecule has 160 valence electrons. The van der Waals surface area contributed by atoms with Crippen molar-refractivity contribution in [1.82, 2.24) is 4.90 Å². The van der Waals surface area contributed by atoms with Gasteiger partial charge in [0.25, 0.3) is 0 Å². The summed E-state index contributed by atoms with van der Waals surface area (Å²) in [5.74, 6) is 0.933. The molecule has 1 saturated carbocycles. The van der Waals surface area contributed by atoms with E-state index in [-0.39, 0.29) is 36.5 Å². The Kier molecular flexibility index (Phi) is 7.50. The number of amides is 2. The fraction of sp³-hybridized carbons (Fsp3) is 0.636. The zero-order valence-corrected chi connectivity index (χ0v) is 17.1. The van der Waals surface area contributed by atoms with Crippen LogP contribution in [0.5, 0.6) is 5.75 Å². The van der Waals surface area contributed by atoms with E-state index in [1.165, 1.54) is 0 Å². The number of hydrogen-bond donors (Lipinski definition) is 3. The molecule has 29 heavy (non-hydrogen) atoms. The molecule has 3 atom stereocenters. The van der Waals surface area contributed by atoms with Gasteiger partial charge in [-0.2, -0.15) is 0 Å². The minimum absolute atomic E-state index is 0.00326. The maximum absolute atomic E-state index is 12.7. The van der Waals surface area contributed by atoms with Crippen molar-refractivity contribution in [2.24, 2.45) is 0 Å². The number of rotatable bonds is 8. The minimum atomic E-state index is -0.359. The maximum Gasteiger partial charge on any atom is 0.224 e. The molecule has 0 radical (unpaired) electrons. The molecule has 1 aromatic rings. The van der Waals surface area contributed by atoms with Gasteiger partial charge in [0, 0.05) is 31.1 Å². The van der Waals surface area contributed by atoms with Gasteiger partial charge in [0.2, 0.25) is 11.8 Å². The molecule has 7 nitrogen and oxygen atoms in total. The molecule has 2 aliphatic rings. The topological polar surface area (TPSA) is 99.1 Å². The quantitative estimate of drug-likeness (QED) is 0.578. The number of nitrogens with one attached hydrogen (secondary N) is 1. The Labute approximate surface area is 172 Å². The molecule has 0 bridgehead atoms. The Morgan fingerprint density at radius 1 is 1.34 bits per heavy atom. The zero-order chi connectivity index (χ0) is 20.8. The predicted octanol–water partition coefficient (Wildman–Crippen LogP) is 2.42. The molecule has 0 saturated heterocycles. The van der Waals surface area contributed by atoms with Gasteiger partial charge in [-0.15, -0.1) is 0 Å². The Balaban J connectivity index is 1.48. The van der Waals surface area contributed by atoms with E-state index < -0.39 is 0 Å². The van der Waals surface area contributed by atoms with Gasteiger partial charge in [-0.25, -0.2) is 0 Å². The summed E-state index contributed by atoms with van der Waals surface area (Å²) in [5.41, 5.74) is 1.91. The standard InChI is InChI=1S/C22H32N2O5/c1-15-12-21(27)23-20-8-7-18(14-19(15)20)29-11-3-6-22(28)24(9-10-25)16-4-2-5-17(26)13-16/h7-8,14-17,25-26H,2-6,9-13H2,1H3,(H,23,27). The third kappa shape index (κ3) is 5.70. The molecule has 1 fully saturated rings. The largest absolute Gasteiger partial charge is 0.494 e. The fourth-order valence-electron chi connectivity index (χ4n) is 4.34. The zero-order valence-electron chi connectivity index (χ0n) is 17.1. The molecule has 7 heteroatoms. The maximum atomic E-state index is 12.7. The average molecular weight is 405 g/mol. The highest BCUT2D eigenvalue weighted by molar-refractivity contribution is 5.94. The van der Waals surface area contributed by atoms with E-state index in [0.717, 1.165) is 36.3 Å². The van der Waals surface area contributed by atoms with Crippen molar-refractivity contribution in [1.29, 1.82) is 0 Å². The second-order valence-corrected chi connectivity index (χ2v) is 8.14. The summed E-state index contributed by atoms with van der Waals surface area (Å²) in [4.78, 5) is 26.0. The van der Waals surface area contributed by atoms with Crippen LogP contribution in [0, 0.1) is 0 Å². The first-order valence-electron chi connectivity index (χ1n) is 10.6. The van der Waals surface area contributed by atoms with Gasteiger partial charge in [-0.3, -0.25) is 9.59 Å². The van der Waals surface area contributed by atoms with Crippen LogP contribution in [-0.4, -0.2) is 58.8 Å². The van der Waals surface area contributed by atoms with Crippen molar-refractivity contribution in [3.05, 3.63) is 23.8 Å². The van der Waals surface area contributed by atoms with Gasteiger partial charge in [0.05, 0.1) is 19.3 Å². The summed E-state index contributed by atoms with van der Waals surface area (Å²) in [6, 6.07) is 5.67. The van der Waals surface area contributed by atoms with E-state index in [1.807, 2.05) is 25.1 Å². The number of aliphatic hydroxyl groups excluding tert-OH is 2. The van der Waals surface area contributed by atoms with E-state index in [9.17, 15) is 19.8 Å². The van der Waals surface area contributed by atoms with Crippen molar-refractivity contribution in [3.63, 3.8) is 0 Å². The van der Waals surface area contributed by atoms with Crippen LogP contribution in [0.3, 0.4) is 0 Å². The highest BCUT2D eigenvalue weighted by Gasteiger charge is 2.28. The molecule has 1 aliphatic heterocycles. The summed E-state index contributed by atoms with van der Waals surface area (Å²) in [7, 11) is 0. The van der Waals surface area contributed by atoms with E-state index >= 15 is 0 Å². The molecule has 1 aliphatic carbocycles. The number of fused-ring (bicyclic) bond motifs is 1. The van der Waals surface area contributed by atoms with Gasteiger partial charge >= 0.3 is 0 Å². The monoisotopic (exact) mass is 404 g/mol. The van der Waals surface area contributed by atoms with Gasteiger partial charge in [-0.05, 0) is 61.8 Å². The van der Waals surface area contributed by atoms with Crippen molar-refractivity contribution >= 4 is 17.5 Å². The van der Waals surface area contributed by atoms with E-state index in [2.05, 4.69) is 5.32 Å².